The molecule has 0 unspecified atom stereocenters. The number of aryl methyl sites for hydroxylation is 2. The summed E-state index contributed by atoms with van der Waals surface area (Å²) in [4.78, 5) is 42.6. The van der Waals surface area contributed by atoms with Crippen LogP contribution < -0.4 is 16.0 Å². The molecule has 0 aliphatic carbocycles. The summed E-state index contributed by atoms with van der Waals surface area (Å²) < 4.78 is 33.4. The van der Waals surface area contributed by atoms with Crippen LogP contribution in [0.1, 0.15) is 90.2 Å². The number of aliphatic carboxylic acids is 1. The summed E-state index contributed by atoms with van der Waals surface area (Å²) >= 11 is 13.8. The predicted octanol–water partition coefficient (Wildman–Crippen LogP) is 8.57. The maximum absolute atomic E-state index is 15.6. The molecule has 2 aliphatic rings. The highest BCUT2D eigenvalue weighted by Crippen LogP contribution is 2.38. The van der Waals surface area contributed by atoms with Crippen LogP contribution in [0, 0.1) is 13.8 Å². The molecule has 16 heteroatoms. The molecule has 57 heavy (non-hydrogen) atoms. The second-order valence-electron chi connectivity index (χ2n) is 14.4. The molecule has 2 amide bonds. The van der Waals surface area contributed by atoms with Crippen molar-refractivity contribution in [2.24, 2.45) is 0 Å². The van der Waals surface area contributed by atoms with Crippen molar-refractivity contribution in [1.82, 2.24) is 20.1 Å². The molecule has 0 radical (unpaired) electrons. The van der Waals surface area contributed by atoms with Crippen molar-refractivity contribution in [3.8, 4) is 0 Å². The number of rotatable bonds is 19. The molecule has 2 aromatic heterocycles. The average Bonchev–Trinajstić information content (AvgIpc) is 3.89. The van der Waals surface area contributed by atoms with Gasteiger partial charge >= 0.3 is 12.9 Å². The average molecular weight is 838 g/mol. The highest BCUT2D eigenvalue weighted by Gasteiger charge is 2.52. The molecule has 300 valence electrons. The third kappa shape index (κ3) is 10.2. The Labute approximate surface area is 344 Å². The first-order chi connectivity index (χ1) is 27.3. The number of nitrogens with zero attached hydrogens (tertiary/aromatic N) is 3. The minimum absolute atomic E-state index is 0.0701. The summed E-state index contributed by atoms with van der Waals surface area (Å²) in [5, 5.41) is 20.5. The molecule has 4 N–H and O–H groups in total. The van der Waals surface area contributed by atoms with Crippen LogP contribution in [-0.2, 0) is 14.4 Å². The summed E-state index contributed by atoms with van der Waals surface area (Å²) in [6.07, 6.45) is 9.86. The fourth-order valence-corrected chi connectivity index (χ4v) is 8.65. The van der Waals surface area contributed by atoms with Crippen molar-refractivity contribution in [3.05, 3.63) is 122 Å². The quantitative estimate of drug-likeness (QED) is 0.0554. The molecular weight excluding hydrogens is 792 g/mol. The van der Waals surface area contributed by atoms with Gasteiger partial charge in [-0.05, 0) is 92.2 Å². The van der Waals surface area contributed by atoms with Crippen LogP contribution in [0.4, 0.5) is 13.8 Å². The Kier molecular flexibility index (Phi) is 13.7. The standard InChI is InChI=1S/C41H45BCl2F2N6O4S/c1-26-23-27(2)51-35(26)24-33-18-17-32(52(33)42(51,45)46)19-20-37(53)47-21-5-3-4-8-38(54)50-34(40(55)56)7-6-22-48-41-49-25-36(57-41)39(28-9-13-30(43)14-10-28)29-11-15-31(44)16-12-29/h9-18,23-25,34,39H,3-8,19-22H2,1-2H3,(H,47,53)(H,48,49)(H,50,54)(H,55,56)/t34-/m0/s1. The Morgan fingerprint density at radius 3 is 2.26 bits per heavy atom. The number of thiazole rings is 1. The van der Waals surface area contributed by atoms with E-state index in [9.17, 15) is 19.5 Å². The summed E-state index contributed by atoms with van der Waals surface area (Å²) in [6, 6.07) is 16.1. The number of unbranched alkanes of at least 4 members (excludes halogenated alkanes) is 2. The molecule has 2 aromatic carbocycles. The highest BCUT2D eigenvalue weighted by molar-refractivity contribution is 7.15. The van der Waals surface area contributed by atoms with Gasteiger partial charge in [0.05, 0.1) is 0 Å². The number of benzene rings is 2. The Hall–Kier alpha value is -4.79. The molecule has 4 heterocycles. The van der Waals surface area contributed by atoms with E-state index in [1.807, 2.05) is 61.7 Å². The lowest BCUT2D eigenvalue weighted by Crippen LogP contribution is -2.50. The summed E-state index contributed by atoms with van der Waals surface area (Å²) in [7, 11) is 0. The first-order valence-electron chi connectivity index (χ1n) is 19.1. The van der Waals surface area contributed by atoms with Crippen molar-refractivity contribution >= 4 is 76.2 Å². The molecule has 0 bridgehead atoms. The summed E-state index contributed by atoms with van der Waals surface area (Å²) in [6.45, 7) is 0.282. The number of allylic oxidation sites excluding steroid dienone is 2. The number of fused-ring (bicyclic) bond motifs is 2. The number of carboxylic acids is 1. The van der Waals surface area contributed by atoms with Gasteiger partial charge in [-0.25, -0.2) is 9.78 Å². The van der Waals surface area contributed by atoms with Gasteiger partial charge in [0.25, 0.3) is 0 Å². The fourth-order valence-electron chi connectivity index (χ4n) is 7.40. The molecule has 1 atom stereocenters. The smallest absolute Gasteiger partial charge is 0.480 e. The number of anilines is 1. The van der Waals surface area contributed by atoms with Gasteiger partial charge in [0.1, 0.15) is 11.8 Å². The largest absolute Gasteiger partial charge is 0.737 e. The van der Waals surface area contributed by atoms with Gasteiger partial charge in [-0.1, -0.05) is 53.9 Å². The lowest BCUT2D eigenvalue weighted by atomic mass is 9.90. The van der Waals surface area contributed by atoms with Gasteiger partial charge in [0, 0.05) is 83.3 Å². The molecule has 6 rings (SSSR count). The van der Waals surface area contributed by atoms with Crippen molar-refractivity contribution in [2.45, 2.75) is 77.2 Å². The van der Waals surface area contributed by atoms with Gasteiger partial charge < -0.3 is 38.7 Å². The molecule has 4 aromatic rings. The Morgan fingerprint density at radius 2 is 1.60 bits per heavy atom. The minimum Gasteiger partial charge on any atom is -0.480 e. The number of nitrogens with one attached hydrogen (secondary N) is 3. The molecule has 0 fully saturated rings. The predicted molar refractivity (Wildman–Crippen MR) is 224 cm³/mol. The van der Waals surface area contributed by atoms with E-state index < -0.39 is 19.0 Å². The summed E-state index contributed by atoms with van der Waals surface area (Å²) in [5.41, 5.74) is 4.75. The van der Waals surface area contributed by atoms with E-state index in [0.29, 0.717) is 76.7 Å². The van der Waals surface area contributed by atoms with Gasteiger partial charge in [-0.2, -0.15) is 0 Å². The van der Waals surface area contributed by atoms with E-state index in [4.69, 9.17) is 23.2 Å². The van der Waals surface area contributed by atoms with Crippen LogP contribution in [0.3, 0.4) is 0 Å². The number of amides is 2. The van der Waals surface area contributed by atoms with Crippen LogP contribution in [0.2, 0.25) is 10.0 Å². The first kappa shape index (κ1) is 41.8. The van der Waals surface area contributed by atoms with Gasteiger partial charge in [-0.15, -0.1) is 11.3 Å². The van der Waals surface area contributed by atoms with Crippen LogP contribution >= 0.6 is 34.5 Å². The highest BCUT2D eigenvalue weighted by atomic mass is 35.5. The maximum atomic E-state index is 15.6. The van der Waals surface area contributed by atoms with E-state index in [1.54, 1.807) is 31.2 Å². The van der Waals surface area contributed by atoms with E-state index in [1.165, 1.54) is 11.3 Å². The number of carbonyl (C=O) groups excluding carboxylic acids is 2. The van der Waals surface area contributed by atoms with E-state index in [0.717, 1.165) is 30.5 Å². The molecule has 10 nitrogen and oxygen atoms in total. The second-order valence-corrected chi connectivity index (χ2v) is 16.3. The third-order valence-electron chi connectivity index (χ3n) is 10.2. The topological polar surface area (TPSA) is 128 Å². The first-order valence-corrected chi connectivity index (χ1v) is 20.6. The second kappa shape index (κ2) is 18.6. The number of hydrogen-bond donors (Lipinski definition) is 4. The number of halogens is 4. The zero-order valence-electron chi connectivity index (χ0n) is 31.7. The molecular formula is C41H45BCl2F2N6O4S. The molecule has 2 aliphatic heterocycles. The number of hydrogen-bond acceptors (Lipinski definition) is 6. The SMILES string of the molecule is Cc1cc(C)n2c1C=C1C=CC(CCC(=O)NCCCCCC(=O)N[C@@H](CCCNc3ncc(C(c4ccc(Cl)cc4)c4ccc(Cl)cc4)s3)C(=O)O)=[N+]1[B-]2(F)F. The fraction of sp³-hybridized carbons (Fsp3) is 0.341. The van der Waals surface area contributed by atoms with Gasteiger partial charge in [0.2, 0.25) is 11.8 Å². The van der Waals surface area contributed by atoms with Crippen LogP contribution in [0.15, 0.2) is 78.6 Å². The Bertz CT molecular complexity index is 2160. The molecule has 0 saturated carbocycles. The molecule has 0 spiro atoms. The molecule has 0 saturated heterocycles. The van der Waals surface area contributed by atoms with Crippen LogP contribution in [-0.4, -0.2) is 68.7 Å². The minimum atomic E-state index is -4.07. The Balaban J connectivity index is 0.877. The van der Waals surface area contributed by atoms with Crippen molar-refractivity contribution in [3.63, 3.8) is 0 Å². The normalized spacial score (nSPS) is 14.6. The van der Waals surface area contributed by atoms with E-state index in [-0.39, 0.29) is 43.4 Å². The monoisotopic (exact) mass is 836 g/mol. The number of carboxylic acid groups (broad SMARTS) is 1. The van der Waals surface area contributed by atoms with Gasteiger partial charge in [-0.3, -0.25) is 9.59 Å². The van der Waals surface area contributed by atoms with Crippen LogP contribution in [0.25, 0.3) is 6.08 Å². The zero-order chi connectivity index (χ0) is 40.7. The van der Waals surface area contributed by atoms with Crippen molar-refractivity contribution in [2.75, 3.05) is 18.4 Å². The van der Waals surface area contributed by atoms with E-state index in [2.05, 4.69) is 20.9 Å². The lowest BCUT2D eigenvalue weighted by molar-refractivity contribution is -0.362. The van der Waals surface area contributed by atoms with Gasteiger partial charge in [0.15, 0.2) is 10.8 Å². The zero-order valence-corrected chi connectivity index (χ0v) is 34.1. The Morgan fingerprint density at radius 1 is 0.912 bits per heavy atom. The lowest BCUT2D eigenvalue weighted by Gasteiger charge is -2.30. The maximum Gasteiger partial charge on any atom is 0.737 e. The van der Waals surface area contributed by atoms with Crippen LogP contribution in [0.5, 0.6) is 0 Å². The van der Waals surface area contributed by atoms with Crippen molar-refractivity contribution in [1.29, 1.82) is 0 Å². The third-order valence-corrected chi connectivity index (χ3v) is 11.7. The summed E-state index contributed by atoms with van der Waals surface area (Å²) in [5.74, 6) is -1.75. The van der Waals surface area contributed by atoms with E-state index >= 15 is 8.63 Å². The van der Waals surface area contributed by atoms with Crippen molar-refractivity contribution < 1.29 is 32.6 Å². The number of carbonyl (C=O) groups is 3. The number of aromatic nitrogens is 2.